The number of methoxy groups -OCH3 is 1. The molecule has 0 aliphatic heterocycles. The zero-order chi connectivity index (χ0) is 13.0. The van der Waals surface area contributed by atoms with E-state index in [1.807, 2.05) is 36.4 Å². The molecule has 0 heterocycles. The van der Waals surface area contributed by atoms with Crippen LogP contribution < -0.4 is 10.5 Å². The molecule has 2 N–H and O–H groups in total. The van der Waals surface area contributed by atoms with Gasteiger partial charge in [-0.05, 0) is 35.7 Å². The van der Waals surface area contributed by atoms with Gasteiger partial charge in [-0.25, -0.2) is 0 Å². The second kappa shape index (κ2) is 6.03. The Balaban J connectivity index is 2.20. The number of rotatable bonds is 4. The van der Waals surface area contributed by atoms with Crippen LogP contribution in [0.1, 0.15) is 17.2 Å². The Bertz CT molecular complexity index is 513. The van der Waals surface area contributed by atoms with Crippen LogP contribution in [0.25, 0.3) is 0 Å². The topological polar surface area (TPSA) is 35.2 Å². The zero-order valence-corrected chi connectivity index (χ0v) is 11.9. The molecule has 1 unspecified atom stereocenters. The molecule has 2 aromatic rings. The van der Waals surface area contributed by atoms with Crippen molar-refractivity contribution < 1.29 is 4.74 Å². The number of halogens is 1. The molecule has 2 aromatic carbocycles. The van der Waals surface area contributed by atoms with Gasteiger partial charge in [0, 0.05) is 10.5 Å². The van der Waals surface area contributed by atoms with Gasteiger partial charge in [0.1, 0.15) is 5.75 Å². The molecule has 0 amide bonds. The maximum atomic E-state index is 6.27. The van der Waals surface area contributed by atoms with Crippen LogP contribution in [0, 0.1) is 0 Å². The van der Waals surface area contributed by atoms with Crippen LogP contribution in [0.15, 0.2) is 53.0 Å². The average Bonchev–Trinajstić information content (AvgIpc) is 2.40. The van der Waals surface area contributed by atoms with Gasteiger partial charge in [-0.15, -0.1) is 0 Å². The molecular weight excluding hydrogens is 290 g/mol. The van der Waals surface area contributed by atoms with E-state index < -0.39 is 0 Å². The van der Waals surface area contributed by atoms with Gasteiger partial charge in [0.2, 0.25) is 0 Å². The third-order valence-corrected chi connectivity index (χ3v) is 3.62. The van der Waals surface area contributed by atoms with Crippen molar-refractivity contribution >= 4 is 15.9 Å². The molecule has 3 heteroatoms. The number of ether oxygens (including phenoxy) is 1. The van der Waals surface area contributed by atoms with E-state index in [9.17, 15) is 0 Å². The Kier molecular flexibility index (Phi) is 4.39. The molecule has 0 radical (unpaired) electrons. The van der Waals surface area contributed by atoms with E-state index in [0.29, 0.717) is 0 Å². The molecule has 0 aromatic heterocycles. The molecule has 2 rings (SSSR count). The van der Waals surface area contributed by atoms with Crippen LogP contribution in [0.4, 0.5) is 0 Å². The Labute approximate surface area is 116 Å². The first-order chi connectivity index (χ1) is 8.70. The van der Waals surface area contributed by atoms with E-state index in [0.717, 1.165) is 22.2 Å². The van der Waals surface area contributed by atoms with E-state index in [1.165, 1.54) is 5.56 Å². The monoisotopic (exact) mass is 305 g/mol. The van der Waals surface area contributed by atoms with Crippen molar-refractivity contribution in [2.24, 2.45) is 5.73 Å². The summed E-state index contributed by atoms with van der Waals surface area (Å²) in [5, 5.41) is 0. The van der Waals surface area contributed by atoms with Crippen molar-refractivity contribution in [1.82, 2.24) is 0 Å². The highest BCUT2D eigenvalue weighted by atomic mass is 79.9. The normalized spacial score (nSPS) is 12.2. The second-order valence-corrected chi connectivity index (χ2v) is 5.04. The third-order valence-electron chi connectivity index (χ3n) is 2.90. The minimum Gasteiger partial charge on any atom is -0.497 e. The summed E-state index contributed by atoms with van der Waals surface area (Å²) in [6, 6.07) is 16.1. The zero-order valence-electron chi connectivity index (χ0n) is 10.3. The average molecular weight is 306 g/mol. The van der Waals surface area contributed by atoms with Gasteiger partial charge in [0.25, 0.3) is 0 Å². The third kappa shape index (κ3) is 3.12. The largest absolute Gasteiger partial charge is 0.497 e. The number of nitrogens with two attached hydrogens (primary N) is 1. The number of hydrogen-bond acceptors (Lipinski definition) is 2. The Morgan fingerprint density at radius 1 is 1.17 bits per heavy atom. The quantitative estimate of drug-likeness (QED) is 0.935. The SMILES string of the molecule is COc1ccc(Br)c(C(N)Cc2ccccc2)c1. The van der Waals surface area contributed by atoms with Gasteiger partial charge in [-0.2, -0.15) is 0 Å². The summed E-state index contributed by atoms with van der Waals surface area (Å²) in [5.41, 5.74) is 8.57. The Morgan fingerprint density at radius 2 is 1.89 bits per heavy atom. The first-order valence-electron chi connectivity index (χ1n) is 5.83. The maximum Gasteiger partial charge on any atom is 0.119 e. The van der Waals surface area contributed by atoms with Crippen LogP contribution in [0.5, 0.6) is 5.75 Å². The number of hydrogen-bond donors (Lipinski definition) is 1. The molecule has 0 aliphatic rings. The highest BCUT2D eigenvalue weighted by Gasteiger charge is 2.11. The van der Waals surface area contributed by atoms with Gasteiger partial charge in [0.15, 0.2) is 0 Å². The lowest BCUT2D eigenvalue weighted by Crippen LogP contribution is -2.14. The molecule has 18 heavy (non-hydrogen) atoms. The summed E-state index contributed by atoms with van der Waals surface area (Å²) in [4.78, 5) is 0. The lowest BCUT2D eigenvalue weighted by atomic mass is 9.99. The smallest absolute Gasteiger partial charge is 0.119 e. The maximum absolute atomic E-state index is 6.27. The summed E-state index contributed by atoms with van der Waals surface area (Å²) in [6.45, 7) is 0. The number of benzene rings is 2. The highest BCUT2D eigenvalue weighted by Crippen LogP contribution is 2.28. The molecule has 2 nitrogen and oxygen atoms in total. The first kappa shape index (κ1) is 13.1. The fraction of sp³-hybridized carbons (Fsp3) is 0.200. The van der Waals surface area contributed by atoms with Gasteiger partial charge in [-0.3, -0.25) is 0 Å². The van der Waals surface area contributed by atoms with Crippen molar-refractivity contribution in [2.45, 2.75) is 12.5 Å². The fourth-order valence-corrected chi connectivity index (χ4v) is 2.45. The molecule has 94 valence electrons. The molecule has 0 fully saturated rings. The predicted molar refractivity (Wildman–Crippen MR) is 77.8 cm³/mol. The standard InChI is InChI=1S/C15H16BrNO/c1-18-12-7-8-14(16)13(10-12)15(17)9-11-5-3-2-4-6-11/h2-8,10,15H,9,17H2,1H3. The molecule has 1 atom stereocenters. The van der Waals surface area contributed by atoms with Gasteiger partial charge in [0.05, 0.1) is 7.11 Å². The Hall–Kier alpha value is -1.32. The first-order valence-corrected chi connectivity index (χ1v) is 6.63. The summed E-state index contributed by atoms with van der Waals surface area (Å²) < 4.78 is 6.25. The lowest BCUT2D eigenvalue weighted by Gasteiger charge is -2.15. The second-order valence-electron chi connectivity index (χ2n) is 4.18. The van der Waals surface area contributed by atoms with Crippen molar-refractivity contribution in [3.8, 4) is 5.75 Å². The molecule has 0 spiro atoms. The van der Waals surface area contributed by atoms with Crippen LogP contribution in [0.3, 0.4) is 0 Å². The lowest BCUT2D eigenvalue weighted by molar-refractivity contribution is 0.413. The van der Waals surface area contributed by atoms with Crippen LogP contribution in [0.2, 0.25) is 0 Å². The van der Waals surface area contributed by atoms with E-state index in [2.05, 4.69) is 28.1 Å². The molecule has 0 bridgehead atoms. The summed E-state index contributed by atoms with van der Waals surface area (Å²) in [5.74, 6) is 0.830. The van der Waals surface area contributed by atoms with E-state index in [-0.39, 0.29) is 6.04 Å². The van der Waals surface area contributed by atoms with Crippen LogP contribution in [-0.4, -0.2) is 7.11 Å². The van der Waals surface area contributed by atoms with Gasteiger partial charge in [-0.1, -0.05) is 46.3 Å². The summed E-state index contributed by atoms with van der Waals surface area (Å²) in [6.07, 6.45) is 0.812. The summed E-state index contributed by atoms with van der Waals surface area (Å²) >= 11 is 3.54. The van der Waals surface area contributed by atoms with Crippen LogP contribution >= 0.6 is 15.9 Å². The fourth-order valence-electron chi connectivity index (χ4n) is 1.91. The van der Waals surface area contributed by atoms with Crippen molar-refractivity contribution in [1.29, 1.82) is 0 Å². The van der Waals surface area contributed by atoms with Gasteiger partial charge < -0.3 is 10.5 Å². The van der Waals surface area contributed by atoms with Crippen molar-refractivity contribution in [2.75, 3.05) is 7.11 Å². The molecule has 0 aliphatic carbocycles. The van der Waals surface area contributed by atoms with E-state index >= 15 is 0 Å². The molecule has 0 saturated carbocycles. The van der Waals surface area contributed by atoms with E-state index in [4.69, 9.17) is 10.5 Å². The minimum atomic E-state index is -0.0446. The molecular formula is C15H16BrNO. The Morgan fingerprint density at radius 3 is 2.56 bits per heavy atom. The predicted octanol–water partition coefficient (Wildman–Crippen LogP) is 3.70. The molecule has 0 saturated heterocycles. The van der Waals surface area contributed by atoms with Gasteiger partial charge >= 0.3 is 0 Å². The van der Waals surface area contributed by atoms with E-state index in [1.54, 1.807) is 7.11 Å². The minimum absolute atomic E-state index is 0.0446. The highest BCUT2D eigenvalue weighted by molar-refractivity contribution is 9.10. The summed E-state index contributed by atoms with van der Waals surface area (Å²) in [7, 11) is 1.66. The van der Waals surface area contributed by atoms with Crippen LogP contribution in [-0.2, 0) is 6.42 Å². The van der Waals surface area contributed by atoms with Crippen molar-refractivity contribution in [3.05, 3.63) is 64.1 Å². The van der Waals surface area contributed by atoms with Crippen molar-refractivity contribution in [3.63, 3.8) is 0 Å².